The van der Waals surface area contributed by atoms with Gasteiger partial charge in [0, 0.05) is 47.5 Å². The van der Waals surface area contributed by atoms with Crippen LogP contribution in [0, 0.1) is 18.8 Å². The zero-order valence-corrected chi connectivity index (χ0v) is 39.3. The number of aromatic carboxylic acids is 2. The predicted octanol–water partition coefficient (Wildman–Crippen LogP) is 13.0. The van der Waals surface area contributed by atoms with Crippen LogP contribution in [0.25, 0.3) is 0 Å². The smallest absolute Gasteiger partial charge is 0.337 e. The normalized spacial score (nSPS) is 28.5. The maximum atomic E-state index is 11.0. The van der Waals surface area contributed by atoms with Gasteiger partial charge in [-0.15, -0.1) is 0 Å². The van der Waals surface area contributed by atoms with Gasteiger partial charge in [0.05, 0.1) is 11.1 Å². The predicted molar refractivity (Wildman–Crippen MR) is 252 cm³/mol. The maximum absolute atomic E-state index is 11.0. The van der Waals surface area contributed by atoms with E-state index in [1.165, 1.54) is 82.2 Å². The Morgan fingerprint density at radius 3 is 1.46 bits per heavy atom. The van der Waals surface area contributed by atoms with Crippen molar-refractivity contribution in [1.82, 2.24) is 9.97 Å². The molecule has 2 aromatic carbocycles. The number of nitrogens with zero attached hydrogens (tertiary/aromatic N) is 2. The van der Waals surface area contributed by atoms with Crippen molar-refractivity contribution in [2.75, 3.05) is 0 Å². The second kappa shape index (κ2) is 15.1. The van der Waals surface area contributed by atoms with Gasteiger partial charge in [0.15, 0.2) is 0 Å². The SMILES string of the molecule is CC1(C)CCC(C)(C)c2cc(C34CC/C(=C/Cc5ccc(C(=O)O)cn5)C3C4)ccc21.Cc1cc2c(cc1C13CC/C(=C/Cc4ccc(C(=O)O)cn4)C1C3)C(C)(C)CCC2(C)C. The standard InChI is InChI=1S/C29H35NO2.C28H33NO2/c1-18-14-23-24(28(4,5)13-12-27(23,2)3)15-22(18)29-11-10-19(25(29)16-29)6-8-21-9-7-20(17-30-21)26(31)32;1-26(2)13-14-27(3,4)23-15-20(7-10-22(23)26)28-12-11-18(24(28)16-28)5-8-21-9-6-19(17-29-21)25(30)31/h6-7,9,14-15,17,25H,8,10-13,16H2,1-5H3,(H,31,32);5-7,9-10,15,17,24H,8,11-14,16H2,1-4H3,(H,30,31)/b19-6-;18-5-. The number of carboxylic acids is 2. The number of hydrogen-bond acceptors (Lipinski definition) is 4. The average molecular weight is 845 g/mol. The van der Waals surface area contributed by atoms with Gasteiger partial charge in [-0.25, -0.2) is 9.59 Å². The molecule has 330 valence electrons. The first-order chi connectivity index (χ1) is 29.7. The Balaban J connectivity index is 0.000000160. The molecule has 2 aromatic heterocycles. The third-order valence-electron chi connectivity index (χ3n) is 17.2. The number of fused-ring (bicyclic) bond motifs is 4. The first-order valence-corrected chi connectivity index (χ1v) is 23.7. The van der Waals surface area contributed by atoms with Crippen LogP contribution in [0.3, 0.4) is 0 Å². The summed E-state index contributed by atoms with van der Waals surface area (Å²) in [6.07, 6.45) is 21.6. The fraction of sp³-hybridized carbons (Fsp3) is 0.509. The van der Waals surface area contributed by atoms with Gasteiger partial charge in [0.2, 0.25) is 0 Å². The Labute approximate surface area is 375 Å². The molecule has 0 radical (unpaired) electrons. The van der Waals surface area contributed by atoms with Crippen LogP contribution < -0.4 is 0 Å². The molecule has 6 heteroatoms. The minimum atomic E-state index is -0.924. The molecular weight excluding hydrogens is 777 g/mol. The summed E-state index contributed by atoms with van der Waals surface area (Å²) < 4.78 is 0. The van der Waals surface area contributed by atoms with Crippen molar-refractivity contribution in [2.45, 2.75) is 172 Å². The molecule has 4 saturated carbocycles. The summed E-state index contributed by atoms with van der Waals surface area (Å²) in [6, 6.07) is 19.5. The van der Waals surface area contributed by atoms with E-state index in [-0.39, 0.29) is 32.8 Å². The van der Waals surface area contributed by atoms with Gasteiger partial charge in [-0.3, -0.25) is 9.97 Å². The molecule has 0 amide bonds. The molecule has 4 aromatic rings. The Morgan fingerprint density at radius 1 is 0.556 bits per heavy atom. The zero-order chi connectivity index (χ0) is 44.9. The molecule has 0 aliphatic heterocycles. The molecule has 63 heavy (non-hydrogen) atoms. The molecule has 4 atom stereocenters. The molecule has 2 N–H and O–H groups in total. The second-order valence-electron chi connectivity index (χ2n) is 23.0. The van der Waals surface area contributed by atoms with Gasteiger partial charge < -0.3 is 10.2 Å². The van der Waals surface area contributed by atoms with E-state index in [0.717, 1.165) is 24.2 Å². The largest absolute Gasteiger partial charge is 0.478 e. The number of allylic oxidation sites excluding steroid dienone is 4. The zero-order valence-electron chi connectivity index (χ0n) is 39.3. The van der Waals surface area contributed by atoms with Crippen LogP contribution in [0.15, 0.2) is 90.3 Å². The van der Waals surface area contributed by atoms with Crippen molar-refractivity contribution in [3.05, 3.63) is 152 Å². The number of aryl methyl sites for hydroxylation is 1. The lowest BCUT2D eigenvalue weighted by Crippen LogP contribution is -2.34. The van der Waals surface area contributed by atoms with Gasteiger partial charge in [-0.1, -0.05) is 109 Å². The van der Waals surface area contributed by atoms with E-state index < -0.39 is 11.9 Å². The molecule has 6 aliphatic rings. The van der Waals surface area contributed by atoms with Gasteiger partial charge in [-0.05, 0) is 168 Å². The molecular formula is C57H68N2O4. The lowest BCUT2D eigenvalue weighted by atomic mass is 9.62. The van der Waals surface area contributed by atoms with Crippen molar-refractivity contribution in [1.29, 1.82) is 0 Å². The third-order valence-corrected chi connectivity index (χ3v) is 17.2. The quantitative estimate of drug-likeness (QED) is 0.171. The molecule has 6 nitrogen and oxygen atoms in total. The summed E-state index contributed by atoms with van der Waals surface area (Å²) in [5.41, 5.74) is 18.1. The van der Waals surface area contributed by atoms with E-state index in [2.05, 4.69) is 115 Å². The van der Waals surface area contributed by atoms with Crippen molar-refractivity contribution in [3.63, 3.8) is 0 Å². The minimum absolute atomic E-state index is 0.247. The van der Waals surface area contributed by atoms with E-state index in [9.17, 15) is 9.59 Å². The summed E-state index contributed by atoms with van der Waals surface area (Å²) in [5.74, 6) is -0.513. The van der Waals surface area contributed by atoms with E-state index in [1.54, 1.807) is 56.7 Å². The van der Waals surface area contributed by atoms with Crippen molar-refractivity contribution < 1.29 is 19.8 Å². The van der Waals surface area contributed by atoms with E-state index in [1.807, 2.05) is 12.1 Å². The van der Waals surface area contributed by atoms with Crippen molar-refractivity contribution >= 4 is 11.9 Å². The summed E-state index contributed by atoms with van der Waals surface area (Å²) in [7, 11) is 0. The van der Waals surface area contributed by atoms with Crippen LogP contribution in [0.4, 0.5) is 0 Å². The van der Waals surface area contributed by atoms with Crippen LogP contribution in [0.5, 0.6) is 0 Å². The summed E-state index contributed by atoms with van der Waals surface area (Å²) >= 11 is 0. The van der Waals surface area contributed by atoms with E-state index >= 15 is 0 Å². The van der Waals surface area contributed by atoms with Crippen molar-refractivity contribution in [3.8, 4) is 0 Å². The first kappa shape index (κ1) is 43.4. The Bertz CT molecular complexity index is 2560. The molecule has 6 aliphatic carbocycles. The fourth-order valence-corrected chi connectivity index (χ4v) is 12.6. The number of benzene rings is 2. The van der Waals surface area contributed by atoms with Crippen LogP contribution in [-0.2, 0) is 45.3 Å². The number of hydrogen-bond donors (Lipinski definition) is 2. The lowest BCUT2D eigenvalue weighted by molar-refractivity contribution is 0.0685. The third kappa shape index (κ3) is 7.71. The molecule has 0 spiro atoms. The second-order valence-corrected chi connectivity index (χ2v) is 23.0. The van der Waals surface area contributed by atoms with Gasteiger partial charge in [0.25, 0.3) is 0 Å². The number of pyridine rings is 2. The summed E-state index contributed by atoms with van der Waals surface area (Å²) in [6.45, 7) is 21.6. The van der Waals surface area contributed by atoms with Crippen LogP contribution in [0.1, 0.15) is 191 Å². The van der Waals surface area contributed by atoms with Gasteiger partial charge in [0.1, 0.15) is 0 Å². The maximum Gasteiger partial charge on any atom is 0.337 e. The monoisotopic (exact) mass is 845 g/mol. The van der Waals surface area contributed by atoms with Gasteiger partial charge in [-0.2, -0.15) is 0 Å². The summed E-state index contributed by atoms with van der Waals surface area (Å²) in [4.78, 5) is 30.7. The summed E-state index contributed by atoms with van der Waals surface area (Å²) in [5, 5.41) is 18.1. The molecule has 4 unspecified atom stereocenters. The highest BCUT2D eigenvalue weighted by Crippen LogP contribution is 2.68. The van der Waals surface area contributed by atoms with E-state index in [0.29, 0.717) is 22.7 Å². The number of carboxylic acid groups (broad SMARTS) is 2. The number of aromatic nitrogens is 2. The molecule has 4 fully saturated rings. The average Bonchev–Trinajstić information content (AvgIpc) is 4.10. The number of carbonyl (C=O) groups is 2. The highest BCUT2D eigenvalue weighted by Gasteiger charge is 2.61. The minimum Gasteiger partial charge on any atom is -0.478 e. The Hall–Kier alpha value is -4.84. The van der Waals surface area contributed by atoms with Crippen LogP contribution in [0.2, 0.25) is 0 Å². The molecule has 0 bridgehead atoms. The molecule has 10 rings (SSSR count). The fourth-order valence-electron chi connectivity index (χ4n) is 12.6. The molecule has 0 saturated heterocycles. The number of rotatable bonds is 8. The molecule has 2 heterocycles. The highest BCUT2D eigenvalue weighted by atomic mass is 16.4. The Kier molecular flexibility index (Phi) is 10.4. The van der Waals surface area contributed by atoms with Crippen LogP contribution in [-0.4, -0.2) is 32.1 Å². The van der Waals surface area contributed by atoms with Crippen LogP contribution >= 0.6 is 0 Å². The van der Waals surface area contributed by atoms with Gasteiger partial charge >= 0.3 is 11.9 Å². The highest BCUT2D eigenvalue weighted by molar-refractivity contribution is 5.87. The van der Waals surface area contributed by atoms with Crippen molar-refractivity contribution in [2.24, 2.45) is 11.8 Å². The lowest BCUT2D eigenvalue weighted by Gasteiger charge is -2.43. The first-order valence-electron chi connectivity index (χ1n) is 23.7. The van der Waals surface area contributed by atoms with E-state index in [4.69, 9.17) is 10.2 Å². The topological polar surface area (TPSA) is 100 Å². The Morgan fingerprint density at radius 2 is 1.00 bits per heavy atom.